The van der Waals surface area contributed by atoms with E-state index in [1.54, 1.807) is 31.2 Å². The van der Waals surface area contributed by atoms with Crippen LogP contribution in [0.5, 0.6) is 0 Å². The zero-order chi connectivity index (χ0) is 15.9. The van der Waals surface area contributed by atoms with E-state index >= 15 is 0 Å². The van der Waals surface area contributed by atoms with Crippen LogP contribution >= 0.6 is 0 Å². The fourth-order valence-corrected chi connectivity index (χ4v) is 2.60. The third-order valence-electron chi connectivity index (χ3n) is 3.61. The number of ether oxygens (including phenoxy) is 1. The van der Waals surface area contributed by atoms with E-state index in [-0.39, 0.29) is 24.2 Å². The maximum absolute atomic E-state index is 12.7. The molecule has 1 aromatic rings. The van der Waals surface area contributed by atoms with Gasteiger partial charge in [0.05, 0.1) is 12.3 Å². The Hall–Kier alpha value is -2.53. The molecule has 0 aromatic heterocycles. The molecular weight excluding hydrogens is 284 g/mol. The van der Waals surface area contributed by atoms with Crippen LogP contribution in [0.25, 0.3) is 10.4 Å². The van der Waals surface area contributed by atoms with Crippen molar-refractivity contribution in [2.45, 2.75) is 32.2 Å². The summed E-state index contributed by atoms with van der Waals surface area (Å²) >= 11 is 0. The summed E-state index contributed by atoms with van der Waals surface area (Å²) < 4.78 is 5.06. The molecule has 0 aliphatic carbocycles. The van der Waals surface area contributed by atoms with Gasteiger partial charge in [-0.1, -0.05) is 23.3 Å². The summed E-state index contributed by atoms with van der Waals surface area (Å²) in [6.07, 6.45) is 2.31. The Labute approximate surface area is 128 Å². The molecule has 7 heteroatoms. The zero-order valence-electron chi connectivity index (χ0n) is 12.4. The van der Waals surface area contributed by atoms with E-state index in [1.807, 2.05) is 0 Å². The number of amides is 1. The number of nitrogens with zero attached hydrogens (tertiary/aromatic N) is 4. The molecule has 116 valence electrons. The van der Waals surface area contributed by atoms with Crippen LogP contribution in [0.1, 0.15) is 36.5 Å². The standard InChI is InChI=1S/C15H18N4O3/c1-2-22-15(21)13-9-5-6-10-19(13)14(20)11-7-3-4-8-12(11)17-18-16/h3-4,7-8,13H,2,5-6,9-10H2,1H3/t13-/m0/s1. The normalized spacial score (nSPS) is 17.5. The van der Waals surface area contributed by atoms with Crippen molar-refractivity contribution in [3.05, 3.63) is 40.3 Å². The molecule has 0 N–H and O–H groups in total. The SMILES string of the molecule is CCOC(=O)[C@@H]1CCCCN1C(=O)c1ccccc1N=[N+]=[N-]. The topological polar surface area (TPSA) is 95.4 Å². The molecule has 1 atom stereocenters. The van der Waals surface area contributed by atoms with E-state index in [0.29, 0.717) is 18.5 Å². The molecule has 1 amide bonds. The van der Waals surface area contributed by atoms with E-state index in [0.717, 1.165) is 12.8 Å². The number of benzene rings is 1. The molecule has 1 aliphatic rings. The second-order valence-electron chi connectivity index (χ2n) is 4.97. The van der Waals surface area contributed by atoms with Crippen LogP contribution in [0.3, 0.4) is 0 Å². The van der Waals surface area contributed by atoms with Gasteiger partial charge in [0.1, 0.15) is 6.04 Å². The average Bonchev–Trinajstić information content (AvgIpc) is 2.55. The number of likely N-dealkylation sites (tertiary alicyclic amines) is 1. The van der Waals surface area contributed by atoms with Gasteiger partial charge in [-0.3, -0.25) is 4.79 Å². The van der Waals surface area contributed by atoms with Gasteiger partial charge in [-0.2, -0.15) is 0 Å². The molecule has 1 saturated heterocycles. The molecule has 1 aromatic carbocycles. The van der Waals surface area contributed by atoms with Crippen molar-refractivity contribution in [2.24, 2.45) is 5.11 Å². The van der Waals surface area contributed by atoms with E-state index in [4.69, 9.17) is 10.3 Å². The minimum atomic E-state index is -0.569. The van der Waals surface area contributed by atoms with Gasteiger partial charge < -0.3 is 9.64 Å². The van der Waals surface area contributed by atoms with Crippen LogP contribution in [-0.4, -0.2) is 36.0 Å². The first-order chi connectivity index (χ1) is 10.7. The lowest BCUT2D eigenvalue weighted by Gasteiger charge is -2.34. The first kappa shape index (κ1) is 15.9. The minimum absolute atomic E-state index is 0.267. The number of esters is 1. The Kier molecular flexibility index (Phi) is 5.38. The first-order valence-corrected chi connectivity index (χ1v) is 7.30. The minimum Gasteiger partial charge on any atom is -0.464 e. The van der Waals surface area contributed by atoms with E-state index < -0.39 is 6.04 Å². The number of carbonyl (C=O) groups is 2. The number of rotatable bonds is 4. The van der Waals surface area contributed by atoms with Crippen LogP contribution in [0.2, 0.25) is 0 Å². The number of piperidine rings is 1. The van der Waals surface area contributed by atoms with Crippen molar-refractivity contribution in [2.75, 3.05) is 13.2 Å². The number of hydrogen-bond acceptors (Lipinski definition) is 4. The fourth-order valence-electron chi connectivity index (χ4n) is 2.60. The highest BCUT2D eigenvalue weighted by Crippen LogP contribution is 2.25. The highest BCUT2D eigenvalue weighted by atomic mass is 16.5. The molecule has 0 radical (unpaired) electrons. The Balaban J connectivity index is 2.30. The number of hydrogen-bond donors (Lipinski definition) is 0. The maximum atomic E-state index is 12.7. The van der Waals surface area contributed by atoms with Gasteiger partial charge in [-0.15, -0.1) is 0 Å². The molecule has 7 nitrogen and oxygen atoms in total. The van der Waals surface area contributed by atoms with Gasteiger partial charge >= 0.3 is 5.97 Å². The van der Waals surface area contributed by atoms with Crippen molar-refractivity contribution >= 4 is 17.6 Å². The second-order valence-corrected chi connectivity index (χ2v) is 4.97. The summed E-state index contributed by atoms with van der Waals surface area (Å²) in [6, 6.07) is 6.01. The largest absolute Gasteiger partial charge is 0.464 e. The summed E-state index contributed by atoms with van der Waals surface area (Å²) in [5.41, 5.74) is 9.17. The van der Waals surface area contributed by atoms with Crippen LogP contribution in [-0.2, 0) is 9.53 Å². The van der Waals surface area contributed by atoms with Gasteiger partial charge in [-0.05, 0) is 37.8 Å². The third kappa shape index (κ3) is 3.38. The van der Waals surface area contributed by atoms with Crippen molar-refractivity contribution < 1.29 is 14.3 Å². The zero-order valence-corrected chi connectivity index (χ0v) is 12.4. The van der Waals surface area contributed by atoms with Gasteiger partial charge in [0.2, 0.25) is 0 Å². The lowest BCUT2D eigenvalue weighted by Crippen LogP contribution is -2.48. The second kappa shape index (κ2) is 7.47. The molecule has 1 heterocycles. The summed E-state index contributed by atoms with van der Waals surface area (Å²) in [6.45, 7) is 2.52. The molecule has 0 spiro atoms. The Morgan fingerprint density at radius 2 is 2.18 bits per heavy atom. The summed E-state index contributed by atoms with van der Waals surface area (Å²) in [7, 11) is 0. The van der Waals surface area contributed by atoms with E-state index in [9.17, 15) is 9.59 Å². The molecule has 22 heavy (non-hydrogen) atoms. The lowest BCUT2D eigenvalue weighted by molar-refractivity contribution is -0.149. The van der Waals surface area contributed by atoms with Gasteiger partial charge in [-0.25, -0.2) is 4.79 Å². The van der Waals surface area contributed by atoms with E-state index in [1.165, 1.54) is 4.90 Å². The quantitative estimate of drug-likeness (QED) is 0.370. The Bertz CT molecular complexity index is 611. The van der Waals surface area contributed by atoms with Crippen LogP contribution in [0, 0.1) is 0 Å². The molecule has 2 rings (SSSR count). The van der Waals surface area contributed by atoms with Crippen LogP contribution < -0.4 is 0 Å². The highest BCUT2D eigenvalue weighted by Gasteiger charge is 2.34. The molecule has 1 fully saturated rings. The van der Waals surface area contributed by atoms with Crippen molar-refractivity contribution in [1.29, 1.82) is 0 Å². The lowest BCUT2D eigenvalue weighted by atomic mass is 10.0. The maximum Gasteiger partial charge on any atom is 0.328 e. The summed E-state index contributed by atoms with van der Waals surface area (Å²) in [5.74, 6) is -0.683. The summed E-state index contributed by atoms with van der Waals surface area (Å²) in [5, 5.41) is 3.55. The van der Waals surface area contributed by atoms with Gasteiger partial charge in [0.15, 0.2) is 0 Å². The highest BCUT2D eigenvalue weighted by molar-refractivity contribution is 6.00. The third-order valence-corrected chi connectivity index (χ3v) is 3.61. The van der Waals surface area contributed by atoms with Crippen LogP contribution in [0.15, 0.2) is 29.4 Å². The van der Waals surface area contributed by atoms with Crippen LogP contribution in [0.4, 0.5) is 5.69 Å². The first-order valence-electron chi connectivity index (χ1n) is 7.30. The Morgan fingerprint density at radius 3 is 2.91 bits per heavy atom. The van der Waals surface area contributed by atoms with Crippen molar-refractivity contribution in [3.63, 3.8) is 0 Å². The monoisotopic (exact) mass is 302 g/mol. The molecule has 0 bridgehead atoms. The molecule has 0 unspecified atom stereocenters. The fraction of sp³-hybridized carbons (Fsp3) is 0.467. The predicted molar refractivity (Wildman–Crippen MR) is 80.6 cm³/mol. The van der Waals surface area contributed by atoms with Crippen molar-refractivity contribution in [1.82, 2.24) is 4.90 Å². The number of azide groups is 1. The molecule has 1 aliphatic heterocycles. The molecular formula is C15H18N4O3. The number of carbonyl (C=O) groups excluding carboxylic acids is 2. The summed E-state index contributed by atoms with van der Waals surface area (Å²) in [4.78, 5) is 29.1. The predicted octanol–water partition coefficient (Wildman–Crippen LogP) is 3.19. The molecule has 0 saturated carbocycles. The average molecular weight is 302 g/mol. The van der Waals surface area contributed by atoms with Gasteiger partial charge in [0, 0.05) is 17.0 Å². The van der Waals surface area contributed by atoms with Crippen molar-refractivity contribution in [3.8, 4) is 0 Å². The Morgan fingerprint density at radius 1 is 1.41 bits per heavy atom. The van der Waals surface area contributed by atoms with Gasteiger partial charge in [0.25, 0.3) is 5.91 Å². The smallest absolute Gasteiger partial charge is 0.328 e. The van der Waals surface area contributed by atoms with E-state index in [2.05, 4.69) is 10.0 Å².